The van der Waals surface area contributed by atoms with Crippen LogP contribution >= 0.6 is 0 Å². The van der Waals surface area contributed by atoms with E-state index in [-0.39, 0.29) is 0 Å². The SMILES string of the molecule is C[C@H]1C=CCN(C2CCCC2)C1. The lowest BCUT2D eigenvalue weighted by Gasteiger charge is -2.32. The van der Waals surface area contributed by atoms with Gasteiger partial charge in [-0.25, -0.2) is 0 Å². The first kappa shape index (κ1) is 8.31. The Labute approximate surface area is 75.4 Å². The van der Waals surface area contributed by atoms with Gasteiger partial charge in [0, 0.05) is 19.1 Å². The average Bonchev–Trinajstić information content (AvgIpc) is 2.56. The van der Waals surface area contributed by atoms with E-state index < -0.39 is 0 Å². The third-order valence-corrected chi connectivity index (χ3v) is 3.17. The first-order valence-corrected chi connectivity index (χ1v) is 5.27. The number of nitrogens with zero attached hydrogens (tertiary/aromatic N) is 1. The zero-order valence-electron chi connectivity index (χ0n) is 8.00. The predicted molar refractivity (Wildman–Crippen MR) is 52.1 cm³/mol. The fourth-order valence-electron chi connectivity index (χ4n) is 2.50. The van der Waals surface area contributed by atoms with E-state index >= 15 is 0 Å². The molecule has 0 aromatic heterocycles. The molecule has 1 heterocycles. The first-order valence-electron chi connectivity index (χ1n) is 5.27. The zero-order valence-corrected chi connectivity index (χ0v) is 8.00. The van der Waals surface area contributed by atoms with Crippen LogP contribution in [0.25, 0.3) is 0 Å². The van der Waals surface area contributed by atoms with Crippen LogP contribution in [-0.4, -0.2) is 24.0 Å². The molecule has 1 heteroatoms. The van der Waals surface area contributed by atoms with Crippen molar-refractivity contribution in [3.8, 4) is 0 Å². The first-order chi connectivity index (χ1) is 5.86. The maximum absolute atomic E-state index is 2.66. The van der Waals surface area contributed by atoms with Crippen LogP contribution in [0, 0.1) is 5.92 Å². The van der Waals surface area contributed by atoms with Crippen molar-refractivity contribution in [2.45, 2.75) is 38.6 Å². The highest BCUT2D eigenvalue weighted by atomic mass is 15.2. The molecule has 0 bridgehead atoms. The van der Waals surface area contributed by atoms with Gasteiger partial charge >= 0.3 is 0 Å². The molecule has 2 rings (SSSR count). The van der Waals surface area contributed by atoms with Crippen LogP contribution in [-0.2, 0) is 0 Å². The molecule has 1 aliphatic carbocycles. The fourth-order valence-corrected chi connectivity index (χ4v) is 2.50. The van der Waals surface area contributed by atoms with E-state index in [1.807, 2.05) is 0 Å². The third-order valence-electron chi connectivity index (χ3n) is 3.17. The Kier molecular flexibility index (Phi) is 2.50. The molecule has 0 aromatic rings. The predicted octanol–water partition coefficient (Wildman–Crippen LogP) is 2.44. The number of hydrogen-bond acceptors (Lipinski definition) is 1. The molecular formula is C11H19N. The minimum Gasteiger partial charge on any atom is -0.296 e. The van der Waals surface area contributed by atoms with Crippen molar-refractivity contribution >= 4 is 0 Å². The lowest BCUT2D eigenvalue weighted by atomic mass is 10.1. The summed E-state index contributed by atoms with van der Waals surface area (Å²) in [6.45, 7) is 4.81. The van der Waals surface area contributed by atoms with E-state index in [9.17, 15) is 0 Å². The summed E-state index contributed by atoms with van der Waals surface area (Å²) in [6.07, 6.45) is 10.5. The van der Waals surface area contributed by atoms with Gasteiger partial charge in [0.2, 0.25) is 0 Å². The zero-order chi connectivity index (χ0) is 8.39. The second-order valence-electron chi connectivity index (χ2n) is 4.30. The summed E-state index contributed by atoms with van der Waals surface area (Å²) < 4.78 is 0. The lowest BCUT2D eigenvalue weighted by molar-refractivity contribution is 0.194. The van der Waals surface area contributed by atoms with E-state index in [4.69, 9.17) is 0 Å². The molecule has 2 aliphatic rings. The average molecular weight is 165 g/mol. The Hall–Kier alpha value is -0.300. The van der Waals surface area contributed by atoms with Crippen molar-refractivity contribution in [3.63, 3.8) is 0 Å². The molecule has 0 radical (unpaired) electrons. The molecule has 0 saturated heterocycles. The summed E-state index contributed by atoms with van der Waals surface area (Å²) in [6, 6.07) is 0.914. The monoisotopic (exact) mass is 165 g/mol. The van der Waals surface area contributed by atoms with Gasteiger partial charge in [-0.3, -0.25) is 4.90 Å². The summed E-state index contributed by atoms with van der Waals surface area (Å²) in [5.41, 5.74) is 0. The van der Waals surface area contributed by atoms with Gasteiger partial charge in [-0.15, -0.1) is 0 Å². The maximum Gasteiger partial charge on any atom is 0.0166 e. The Balaban J connectivity index is 1.91. The number of hydrogen-bond donors (Lipinski definition) is 0. The van der Waals surface area contributed by atoms with Crippen molar-refractivity contribution in [3.05, 3.63) is 12.2 Å². The van der Waals surface area contributed by atoms with Crippen LogP contribution < -0.4 is 0 Å². The standard InChI is InChI=1S/C11H19N/c1-10-5-4-8-12(9-10)11-6-2-3-7-11/h4-5,10-11H,2-3,6-9H2,1H3/t10-/m0/s1. The molecule has 0 amide bonds. The molecule has 0 N–H and O–H groups in total. The fraction of sp³-hybridized carbons (Fsp3) is 0.818. The minimum absolute atomic E-state index is 0.777. The quantitative estimate of drug-likeness (QED) is 0.539. The highest BCUT2D eigenvalue weighted by Crippen LogP contribution is 2.25. The van der Waals surface area contributed by atoms with Gasteiger partial charge in [0.25, 0.3) is 0 Å². The number of rotatable bonds is 1. The van der Waals surface area contributed by atoms with Crippen molar-refractivity contribution in [1.29, 1.82) is 0 Å². The summed E-state index contributed by atoms with van der Waals surface area (Å²) in [5, 5.41) is 0. The molecule has 1 fully saturated rings. The molecule has 1 aliphatic heterocycles. The van der Waals surface area contributed by atoms with Gasteiger partial charge < -0.3 is 0 Å². The van der Waals surface area contributed by atoms with Gasteiger partial charge in [-0.2, -0.15) is 0 Å². The Bertz CT molecular complexity index is 168. The molecular weight excluding hydrogens is 146 g/mol. The molecule has 1 atom stereocenters. The summed E-state index contributed by atoms with van der Waals surface area (Å²) in [7, 11) is 0. The van der Waals surface area contributed by atoms with Crippen molar-refractivity contribution < 1.29 is 0 Å². The topological polar surface area (TPSA) is 3.24 Å². The van der Waals surface area contributed by atoms with Crippen molar-refractivity contribution in [1.82, 2.24) is 4.90 Å². The Morgan fingerprint density at radius 1 is 1.25 bits per heavy atom. The van der Waals surface area contributed by atoms with E-state index in [1.54, 1.807) is 0 Å². The second-order valence-corrected chi connectivity index (χ2v) is 4.30. The summed E-state index contributed by atoms with van der Waals surface area (Å²) >= 11 is 0. The highest BCUT2D eigenvalue weighted by molar-refractivity contribution is 4.97. The molecule has 1 nitrogen and oxygen atoms in total. The van der Waals surface area contributed by atoms with Crippen molar-refractivity contribution in [2.75, 3.05) is 13.1 Å². The lowest BCUT2D eigenvalue weighted by Crippen LogP contribution is -2.38. The largest absolute Gasteiger partial charge is 0.296 e. The van der Waals surface area contributed by atoms with E-state index in [2.05, 4.69) is 24.0 Å². The van der Waals surface area contributed by atoms with Crippen molar-refractivity contribution in [2.24, 2.45) is 5.92 Å². The van der Waals surface area contributed by atoms with Crippen LogP contribution in [0.5, 0.6) is 0 Å². The van der Waals surface area contributed by atoms with Gasteiger partial charge in [0.05, 0.1) is 0 Å². The molecule has 12 heavy (non-hydrogen) atoms. The van der Waals surface area contributed by atoms with Crippen LogP contribution in [0.3, 0.4) is 0 Å². The smallest absolute Gasteiger partial charge is 0.0166 e. The third kappa shape index (κ3) is 1.71. The minimum atomic E-state index is 0.777. The molecule has 0 unspecified atom stereocenters. The Morgan fingerprint density at radius 3 is 2.67 bits per heavy atom. The van der Waals surface area contributed by atoms with Gasteiger partial charge in [0.1, 0.15) is 0 Å². The molecule has 1 saturated carbocycles. The summed E-state index contributed by atoms with van der Waals surface area (Å²) in [4.78, 5) is 2.66. The molecule has 0 aromatic carbocycles. The van der Waals surface area contributed by atoms with Gasteiger partial charge in [-0.05, 0) is 18.8 Å². The van der Waals surface area contributed by atoms with Gasteiger partial charge in [0.15, 0.2) is 0 Å². The summed E-state index contributed by atoms with van der Waals surface area (Å²) in [5.74, 6) is 0.777. The van der Waals surface area contributed by atoms with Gasteiger partial charge in [-0.1, -0.05) is 31.9 Å². The normalized spacial score (nSPS) is 32.9. The highest BCUT2D eigenvalue weighted by Gasteiger charge is 2.23. The van der Waals surface area contributed by atoms with Crippen LogP contribution in [0.15, 0.2) is 12.2 Å². The second kappa shape index (κ2) is 3.61. The maximum atomic E-state index is 2.66. The van der Waals surface area contributed by atoms with Crippen LogP contribution in [0.2, 0.25) is 0 Å². The van der Waals surface area contributed by atoms with E-state index in [0.29, 0.717) is 0 Å². The van der Waals surface area contributed by atoms with E-state index in [1.165, 1.54) is 38.8 Å². The van der Waals surface area contributed by atoms with Crippen LogP contribution in [0.1, 0.15) is 32.6 Å². The molecule has 0 spiro atoms. The Morgan fingerprint density at radius 2 is 2.00 bits per heavy atom. The van der Waals surface area contributed by atoms with E-state index in [0.717, 1.165) is 12.0 Å². The van der Waals surface area contributed by atoms with Crippen LogP contribution in [0.4, 0.5) is 0 Å². The molecule has 68 valence electrons.